The summed E-state index contributed by atoms with van der Waals surface area (Å²) in [5, 5.41) is 12.5. The Kier molecular flexibility index (Phi) is 3.04. The molecule has 0 aromatic carbocycles. The van der Waals surface area contributed by atoms with Gasteiger partial charge in [0.05, 0.1) is 0 Å². The number of aromatic nitrogens is 4. The van der Waals surface area contributed by atoms with E-state index >= 15 is 0 Å². The van der Waals surface area contributed by atoms with E-state index in [1.165, 1.54) is 12.4 Å². The van der Waals surface area contributed by atoms with Crippen LogP contribution in [-0.4, -0.2) is 34.5 Å². The highest BCUT2D eigenvalue weighted by atomic mass is 32.2. The Morgan fingerprint density at radius 3 is 2.56 bits per heavy atom. The lowest BCUT2D eigenvalue weighted by Crippen LogP contribution is -2.14. The molecule has 0 aliphatic heterocycles. The summed E-state index contributed by atoms with van der Waals surface area (Å²) in [4.78, 5) is 19.2. The topological polar surface area (TPSA) is 144 Å². The molecule has 0 saturated carbocycles. The molecule has 18 heavy (non-hydrogen) atoms. The van der Waals surface area contributed by atoms with Crippen molar-refractivity contribution in [3.05, 3.63) is 30.2 Å². The van der Waals surface area contributed by atoms with Crippen molar-refractivity contribution in [1.29, 1.82) is 0 Å². The number of nitrogens with two attached hydrogens (primary N) is 1. The van der Waals surface area contributed by atoms with Gasteiger partial charge in [0.25, 0.3) is 15.9 Å². The highest BCUT2D eigenvalue weighted by molar-refractivity contribution is 7.89. The molecule has 2 aromatic heterocycles. The van der Waals surface area contributed by atoms with Crippen LogP contribution >= 0.6 is 0 Å². The number of nitrogens with one attached hydrogen (secondary N) is 2. The summed E-state index contributed by atoms with van der Waals surface area (Å²) < 4.78 is 22.0. The van der Waals surface area contributed by atoms with Gasteiger partial charge in [-0.1, -0.05) is 0 Å². The van der Waals surface area contributed by atoms with Crippen molar-refractivity contribution < 1.29 is 13.2 Å². The molecule has 94 valence electrons. The van der Waals surface area contributed by atoms with E-state index in [0.29, 0.717) is 0 Å². The maximum atomic E-state index is 11.6. The standard InChI is InChI=1S/C8H8N6O3S/c9-18(16,17)6-4-5(13-14-6)7(15)12-8-10-2-1-3-11-8/h1-4H,(H,13,14)(H2,9,16,17)(H,10,11,12,15). The quantitative estimate of drug-likeness (QED) is 0.658. The highest BCUT2D eigenvalue weighted by Crippen LogP contribution is 2.06. The third-order valence-electron chi connectivity index (χ3n) is 1.88. The molecule has 0 bridgehead atoms. The number of rotatable bonds is 3. The number of carbonyl (C=O) groups is 1. The van der Waals surface area contributed by atoms with Crippen molar-refractivity contribution in [3.8, 4) is 0 Å². The van der Waals surface area contributed by atoms with Gasteiger partial charge in [-0.05, 0) is 6.07 Å². The maximum Gasteiger partial charge on any atom is 0.278 e. The second kappa shape index (κ2) is 4.50. The molecule has 0 aliphatic rings. The summed E-state index contributed by atoms with van der Waals surface area (Å²) in [6.07, 6.45) is 2.89. The first-order valence-electron chi connectivity index (χ1n) is 4.63. The average Bonchev–Trinajstić information content (AvgIpc) is 2.79. The number of anilines is 1. The Morgan fingerprint density at radius 2 is 2.00 bits per heavy atom. The molecule has 4 N–H and O–H groups in total. The molecule has 1 amide bonds. The molecule has 2 aromatic rings. The minimum Gasteiger partial charge on any atom is -0.289 e. The fourth-order valence-electron chi connectivity index (χ4n) is 1.10. The smallest absolute Gasteiger partial charge is 0.278 e. The van der Waals surface area contributed by atoms with Gasteiger partial charge in [0, 0.05) is 18.5 Å². The number of aromatic amines is 1. The minimum atomic E-state index is -3.92. The monoisotopic (exact) mass is 268 g/mol. The van der Waals surface area contributed by atoms with E-state index in [2.05, 4.69) is 25.5 Å². The lowest BCUT2D eigenvalue weighted by atomic mass is 10.4. The number of hydrogen-bond acceptors (Lipinski definition) is 6. The zero-order valence-corrected chi connectivity index (χ0v) is 9.68. The number of hydrogen-bond donors (Lipinski definition) is 3. The summed E-state index contributed by atoms with van der Waals surface area (Å²) >= 11 is 0. The summed E-state index contributed by atoms with van der Waals surface area (Å²) in [5.41, 5.74) is -0.133. The van der Waals surface area contributed by atoms with Gasteiger partial charge in [-0.15, -0.1) is 0 Å². The molecule has 0 saturated heterocycles. The molecule has 0 unspecified atom stereocenters. The molecule has 9 nitrogen and oxygen atoms in total. The molecule has 10 heteroatoms. The van der Waals surface area contributed by atoms with Crippen LogP contribution in [0.15, 0.2) is 29.6 Å². The first-order valence-corrected chi connectivity index (χ1v) is 6.18. The van der Waals surface area contributed by atoms with Crippen LogP contribution in [-0.2, 0) is 10.0 Å². The number of nitrogens with zero attached hydrogens (tertiary/aromatic N) is 3. The fraction of sp³-hybridized carbons (Fsp3) is 0. The Labute approximate surface area is 102 Å². The lowest BCUT2D eigenvalue weighted by Gasteiger charge is -1.98. The van der Waals surface area contributed by atoms with Crippen LogP contribution in [0.3, 0.4) is 0 Å². The van der Waals surface area contributed by atoms with Gasteiger partial charge < -0.3 is 0 Å². The largest absolute Gasteiger partial charge is 0.289 e. The summed E-state index contributed by atoms with van der Waals surface area (Å²) in [6, 6.07) is 2.61. The van der Waals surface area contributed by atoms with E-state index in [9.17, 15) is 13.2 Å². The van der Waals surface area contributed by atoms with E-state index < -0.39 is 15.9 Å². The van der Waals surface area contributed by atoms with Crippen LogP contribution in [0.4, 0.5) is 5.95 Å². The van der Waals surface area contributed by atoms with Gasteiger partial charge in [-0.3, -0.25) is 15.2 Å². The summed E-state index contributed by atoms with van der Waals surface area (Å²) in [7, 11) is -3.92. The molecule has 0 aliphatic carbocycles. The molecule has 0 atom stereocenters. The SMILES string of the molecule is NS(=O)(=O)c1cc(C(=O)Nc2ncccn2)n[nH]1. The van der Waals surface area contributed by atoms with Gasteiger partial charge in [-0.2, -0.15) is 5.10 Å². The number of H-pyrrole nitrogens is 1. The average molecular weight is 268 g/mol. The minimum absolute atomic E-state index is 0.0858. The maximum absolute atomic E-state index is 11.6. The van der Waals surface area contributed by atoms with Gasteiger partial charge >= 0.3 is 0 Å². The molecule has 0 radical (unpaired) electrons. The van der Waals surface area contributed by atoms with E-state index in [-0.39, 0.29) is 16.7 Å². The second-order valence-electron chi connectivity index (χ2n) is 3.19. The normalized spacial score (nSPS) is 11.2. The predicted molar refractivity (Wildman–Crippen MR) is 59.9 cm³/mol. The van der Waals surface area contributed by atoms with Crippen LogP contribution < -0.4 is 10.5 Å². The number of sulfonamides is 1. The van der Waals surface area contributed by atoms with Crippen LogP contribution in [0, 0.1) is 0 Å². The third-order valence-corrected chi connectivity index (χ3v) is 2.71. The Balaban J connectivity index is 2.18. The third kappa shape index (κ3) is 2.67. The van der Waals surface area contributed by atoms with E-state index in [4.69, 9.17) is 5.14 Å². The zero-order chi connectivity index (χ0) is 13.2. The molecule has 2 heterocycles. The number of primary sulfonamides is 1. The van der Waals surface area contributed by atoms with Crippen LogP contribution in [0.25, 0.3) is 0 Å². The summed E-state index contributed by atoms with van der Waals surface area (Å²) in [5.74, 6) is -0.560. The van der Waals surface area contributed by atoms with Gasteiger partial charge in [0.2, 0.25) is 5.95 Å². The van der Waals surface area contributed by atoms with Crippen LogP contribution in [0.1, 0.15) is 10.5 Å². The van der Waals surface area contributed by atoms with Gasteiger partial charge in [-0.25, -0.2) is 23.5 Å². The molecule has 0 spiro atoms. The van der Waals surface area contributed by atoms with Crippen molar-refractivity contribution in [2.75, 3.05) is 5.32 Å². The van der Waals surface area contributed by atoms with Crippen molar-refractivity contribution in [2.24, 2.45) is 5.14 Å². The van der Waals surface area contributed by atoms with Crippen molar-refractivity contribution in [1.82, 2.24) is 20.2 Å². The Hall–Kier alpha value is -2.33. The van der Waals surface area contributed by atoms with Gasteiger partial charge in [0.15, 0.2) is 10.7 Å². The lowest BCUT2D eigenvalue weighted by molar-refractivity contribution is 0.102. The molecule has 0 fully saturated rings. The summed E-state index contributed by atoms with van der Waals surface area (Å²) in [6.45, 7) is 0. The van der Waals surface area contributed by atoms with Crippen LogP contribution in [0.5, 0.6) is 0 Å². The fourth-order valence-corrected chi connectivity index (χ4v) is 1.54. The van der Waals surface area contributed by atoms with Crippen molar-refractivity contribution in [3.63, 3.8) is 0 Å². The highest BCUT2D eigenvalue weighted by Gasteiger charge is 2.16. The van der Waals surface area contributed by atoms with E-state index in [0.717, 1.165) is 6.07 Å². The van der Waals surface area contributed by atoms with Crippen molar-refractivity contribution in [2.45, 2.75) is 5.03 Å². The first kappa shape index (κ1) is 12.1. The van der Waals surface area contributed by atoms with E-state index in [1.54, 1.807) is 6.07 Å². The number of amides is 1. The van der Waals surface area contributed by atoms with Crippen LogP contribution in [0.2, 0.25) is 0 Å². The van der Waals surface area contributed by atoms with Crippen molar-refractivity contribution >= 4 is 21.9 Å². The Bertz CT molecular complexity index is 665. The number of carbonyl (C=O) groups excluding carboxylic acids is 1. The van der Waals surface area contributed by atoms with Gasteiger partial charge in [0.1, 0.15) is 0 Å². The zero-order valence-electron chi connectivity index (χ0n) is 8.86. The molecular weight excluding hydrogens is 260 g/mol. The first-order chi connectivity index (χ1) is 8.47. The van der Waals surface area contributed by atoms with E-state index in [1.807, 2.05) is 0 Å². The Morgan fingerprint density at radius 1 is 1.33 bits per heavy atom. The second-order valence-corrected chi connectivity index (χ2v) is 4.72. The molecule has 2 rings (SSSR count). The molecular formula is C8H8N6O3S. The predicted octanol–water partition coefficient (Wildman–Crippen LogP) is -0.901.